The Kier molecular flexibility index (Phi) is 4.49. The molecule has 3 aromatic rings. The second-order valence-corrected chi connectivity index (χ2v) is 5.84. The van der Waals surface area contributed by atoms with Crippen LogP contribution in [0, 0.1) is 0 Å². The van der Waals surface area contributed by atoms with E-state index in [2.05, 4.69) is 15.3 Å². The van der Waals surface area contributed by atoms with Gasteiger partial charge in [-0.05, 0) is 42.8 Å². The Morgan fingerprint density at radius 1 is 1.21 bits per heavy atom. The van der Waals surface area contributed by atoms with Crippen molar-refractivity contribution in [1.82, 2.24) is 15.3 Å². The average molecular weight is 350 g/mol. The molecule has 1 aromatic heterocycles. The minimum absolute atomic E-state index is 0.219. The Morgan fingerprint density at radius 3 is 2.58 bits per heavy atom. The highest BCUT2D eigenvalue weighted by molar-refractivity contribution is 6.30. The van der Waals surface area contributed by atoms with Gasteiger partial charge in [-0.2, -0.15) is 0 Å². The van der Waals surface area contributed by atoms with Gasteiger partial charge in [-0.25, -0.2) is 13.8 Å². The third kappa shape index (κ3) is 3.38. The van der Waals surface area contributed by atoms with Gasteiger partial charge >= 0.3 is 0 Å². The lowest BCUT2D eigenvalue weighted by atomic mass is 10.1. The summed E-state index contributed by atoms with van der Waals surface area (Å²) >= 11 is 5.85. The van der Waals surface area contributed by atoms with Crippen LogP contribution < -0.4 is 5.32 Å². The van der Waals surface area contributed by atoms with Crippen molar-refractivity contribution in [2.24, 2.45) is 0 Å². The monoisotopic (exact) mass is 349 g/mol. The Bertz CT molecular complexity index is 877. The SMILES string of the molecule is CC(NC(=O)c1ccc2nc(C(F)F)[nH]c2c1)c1ccc(Cl)cc1. The van der Waals surface area contributed by atoms with Crippen LogP contribution in [0.3, 0.4) is 0 Å². The Balaban J connectivity index is 1.79. The average Bonchev–Trinajstić information content (AvgIpc) is 2.98. The highest BCUT2D eigenvalue weighted by Crippen LogP contribution is 2.21. The van der Waals surface area contributed by atoms with Gasteiger partial charge in [0.2, 0.25) is 0 Å². The molecule has 24 heavy (non-hydrogen) atoms. The summed E-state index contributed by atoms with van der Waals surface area (Å²) in [5.41, 5.74) is 2.08. The lowest BCUT2D eigenvalue weighted by Crippen LogP contribution is -2.26. The number of benzene rings is 2. The molecule has 3 rings (SSSR count). The largest absolute Gasteiger partial charge is 0.346 e. The van der Waals surface area contributed by atoms with Crippen LogP contribution in [0.5, 0.6) is 0 Å². The van der Waals surface area contributed by atoms with E-state index in [4.69, 9.17) is 11.6 Å². The van der Waals surface area contributed by atoms with Gasteiger partial charge < -0.3 is 10.3 Å². The van der Waals surface area contributed by atoms with Crippen LogP contribution in [0.2, 0.25) is 5.02 Å². The predicted octanol–water partition coefficient (Wildman–Crippen LogP) is 4.64. The summed E-state index contributed by atoms with van der Waals surface area (Å²) in [6.07, 6.45) is -2.68. The van der Waals surface area contributed by atoms with E-state index in [0.29, 0.717) is 21.6 Å². The van der Waals surface area contributed by atoms with Crippen molar-refractivity contribution < 1.29 is 13.6 Å². The zero-order chi connectivity index (χ0) is 17.3. The zero-order valence-electron chi connectivity index (χ0n) is 12.7. The first kappa shape index (κ1) is 16.4. The number of hydrogen-bond acceptors (Lipinski definition) is 2. The molecule has 0 bridgehead atoms. The van der Waals surface area contributed by atoms with Crippen LogP contribution in [-0.4, -0.2) is 15.9 Å². The first-order valence-electron chi connectivity index (χ1n) is 7.28. The van der Waals surface area contributed by atoms with Gasteiger partial charge in [0.05, 0.1) is 17.1 Å². The highest BCUT2D eigenvalue weighted by Gasteiger charge is 2.15. The maximum atomic E-state index is 12.7. The molecule has 124 valence electrons. The van der Waals surface area contributed by atoms with Crippen LogP contribution in [0.4, 0.5) is 8.78 Å². The van der Waals surface area contributed by atoms with Crippen molar-refractivity contribution in [3.05, 3.63) is 64.4 Å². The van der Waals surface area contributed by atoms with Crippen molar-refractivity contribution in [3.8, 4) is 0 Å². The first-order valence-corrected chi connectivity index (χ1v) is 7.66. The number of nitrogens with zero attached hydrogens (tertiary/aromatic N) is 1. The fourth-order valence-electron chi connectivity index (χ4n) is 2.39. The molecule has 0 saturated carbocycles. The third-order valence-corrected chi connectivity index (χ3v) is 3.94. The van der Waals surface area contributed by atoms with Gasteiger partial charge in [0.1, 0.15) is 0 Å². The van der Waals surface area contributed by atoms with E-state index in [9.17, 15) is 13.6 Å². The number of carbonyl (C=O) groups is 1. The number of fused-ring (bicyclic) bond motifs is 1. The molecule has 1 amide bonds. The van der Waals surface area contributed by atoms with E-state index < -0.39 is 12.2 Å². The molecule has 0 aliphatic rings. The molecule has 0 spiro atoms. The number of alkyl halides is 2. The van der Waals surface area contributed by atoms with Gasteiger partial charge in [-0.3, -0.25) is 4.79 Å². The predicted molar refractivity (Wildman–Crippen MR) is 88.4 cm³/mol. The third-order valence-electron chi connectivity index (χ3n) is 3.69. The topological polar surface area (TPSA) is 57.8 Å². The Labute approximate surface area is 141 Å². The Morgan fingerprint density at radius 2 is 1.92 bits per heavy atom. The minimum atomic E-state index is -2.68. The van der Waals surface area contributed by atoms with Crippen LogP contribution in [0.25, 0.3) is 11.0 Å². The molecule has 1 atom stereocenters. The van der Waals surface area contributed by atoms with E-state index in [0.717, 1.165) is 5.56 Å². The summed E-state index contributed by atoms with van der Waals surface area (Å²) in [7, 11) is 0. The summed E-state index contributed by atoms with van der Waals surface area (Å²) < 4.78 is 25.3. The standard InChI is InChI=1S/C17H14ClF2N3O/c1-9(10-2-5-12(18)6-3-10)21-17(24)11-4-7-13-14(8-11)23-16(22-13)15(19)20/h2-9,15H,1H3,(H,21,24)(H,22,23). The highest BCUT2D eigenvalue weighted by atomic mass is 35.5. The van der Waals surface area contributed by atoms with Gasteiger partial charge in [0.15, 0.2) is 5.82 Å². The van der Waals surface area contributed by atoms with E-state index in [1.807, 2.05) is 19.1 Å². The number of H-pyrrole nitrogens is 1. The summed E-state index contributed by atoms with van der Waals surface area (Å²) in [6, 6.07) is 11.6. The molecule has 0 aliphatic carbocycles. The molecule has 0 saturated heterocycles. The number of aromatic nitrogens is 2. The number of hydrogen-bond donors (Lipinski definition) is 2. The fourth-order valence-corrected chi connectivity index (χ4v) is 2.51. The molecule has 1 unspecified atom stereocenters. The van der Waals surface area contributed by atoms with Crippen molar-refractivity contribution in [2.45, 2.75) is 19.4 Å². The van der Waals surface area contributed by atoms with Crippen molar-refractivity contribution in [3.63, 3.8) is 0 Å². The van der Waals surface area contributed by atoms with Gasteiger partial charge in [-0.15, -0.1) is 0 Å². The number of rotatable bonds is 4. The number of carbonyl (C=O) groups excluding carboxylic acids is 1. The van der Waals surface area contributed by atoms with E-state index in [1.165, 1.54) is 6.07 Å². The minimum Gasteiger partial charge on any atom is -0.346 e. The number of amides is 1. The molecular formula is C17H14ClF2N3O. The smallest absolute Gasteiger partial charge is 0.295 e. The molecule has 7 heteroatoms. The molecule has 0 fully saturated rings. The van der Waals surface area contributed by atoms with Crippen molar-refractivity contribution in [2.75, 3.05) is 0 Å². The quantitative estimate of drug-likeness (QED) is 0.720. The van der Waals surface area contributed by atoms with Crippen molar-refractivity contribution >= 4 is 28.5 Å². The number of aromatic amines is 1. The molecule has 0 aliphatic heterocycles. The molecule has 1 heterocycles. The van der Waals surface area contributed by atoms with Crippen LogP contribution in [-0.2, 0) is 0 Å². The molecule has 4 nitrogen and oxygen atoms in total. The van der Waals surface area contributed by atoms with Gasteiger partial charge in [-0.1, -0.05) is 23.7 Å². The van der Waals surface area contributed by atoms with Crippen LogP contribution in [0.15, 0.2) is 42.5 Å². The maximum Gasteiger partial charge on any atom is 0.295 e. The first-order chi connectivity index (χ1) is 11.4. The lowest BCUT2D eigenvalue weighted by molar-refractivity contribution is 0.0940. The normalized spacial score (nSPS) is 12.5. The molecule has 0 radical (unpaired) electrons. The van der Waals surface area contributed by atoms with Gasteiger partial charge in [0, 0.05) is 10.6 Å². The maximum absolute atomic E-state index is 12.7. The van der Waals surface area contributed by atoms with E-state index in [-0.39, 0.29) is 11.9 Å². The second-order valence-electron chi connectivity index (χ2n) is 5.40. The summed E-state index contributed by atoms with van der Waals surface area (Å²) in [6.45, 7) is 1.85. The number of halogens is 3. The van der Waals surface area contributed by atoms with Crippen LogP contribution >= 0.6 is 11.6 Å². The van der Waals surface area contributed by atoms with Gasteiger partial charge in [0.25, 0.3) is 12.3 Å². The van der Waals surface area contributed by atoms with Crippen molar-refractivity contribution in [1.29, 1.82) is 0 Å². The molecule has 2 N–H and O–H groups in total. The fraction of sp³-hybridized carbons (Fsp3) is 0.176. The number of imidazole rings is 1. The zero-order valence-corrected chi connectivity index (χ0v) is 13.4. The van der Waals surface area contributed by atoms with E-state index >= 15 is 0 Å². The second kappa shape index (κ2) is 6.57. The summed E-state index contributed by atoms with van der Waals surface area (Å²) in [5, 5.41) is 3.48. The van der Waals surface area contributed by atoms with E-state index in [1.54, 1.807) is 24.3 Å². The summed E-state index contributed by atoms with van der Waals surface area (Å²) in [5.74, 6) is -0.704. The Hall–Kier alpha value is -2.47. The molecular weight excluding hydrogens is 336 g/mol. The molecule has 2 aromatic carbocycles. The van der Waals surface area contributed by atoms with Crippen LogP contribution in [0.1, 0.15) is 41.1 Å². The lowest BCUT2D eigenvalue weighted by Gasteiger charge is -2.14. The number of nitrogens with one attached hydrogen (secondary N) is 2. The summed E-state index contributed by atoms with van der Waals surface area (Å²) in [4.78, 5) is 18.7.